The lowest BCUT2D eigenvalue weighted by atomic mass is 10.2. The Bertz CT molecular complexity index is 310. The van der Waals surface area contributed by atoms with Gasteiger partial charge in [-0.1, -0.05) is 12.1 Å². The molecule has 14 heavy (non-hydrogen) atoms. The molecule has 0 fully saturated rings. The predicted octanol–water partition coefficient (Wildman–Crippen LogP) is 1.85. The largest absolute Gasteiger partial charge is 0.480 e. The highest BCUT2D eigenvalue weighted by atomic mass is 127. The number of hydrogen-bond acceptors (Lipinski definition) is 2. The first-order valence-corrected chi connectivity index (χ1v) is 5.38. The number of carboxylic acids is 1. The van der Waals surface area contributed by atoms with Crippen molar-refractivity contribution in [3.05, 3.63) is 33.4 Å². The third-order valence-corrected chi connectivity index (χ3v) is 2.62. The second kappa shape index (κ2) is 5.31. The summed E-state index contributed by atoms with van der Waals surface area (Å²) in [4.78, 5) is 10.5. The molecule has 0 aliphatic heterocycles. The summed E-state index contributed by atoms with van der Waals surface area (Å²) >= 11 is 2.23. The number of rotatable bonds is 4. The minimum atomic E-state index is -0.824. The van der Waals surface area contributed by atoms with E-state index in [-0.39, 0.29) is 0 Å². The summed E-state index contributed by atoms with van der Waals surface area (Å²) < 4.78 is 1.18. The van der Waals surface area contributed by atoms with E-state index in [1.165, 1.54) is 3.57 Å². The van der Waals surface area contributed by atoms with Gasteiger partial charge in [-0.05, 0) is 47.2 Å². The molecule has 1 aromatic rings. The molecule has 0 radical (unpaired) electrons. The summed E-state index contributed by atoms with van der Waals surface area (Å²) in [6, 6.07) is 7.48. The summed E-state index contributed by atoms with van der Waals surface area (Å²) in [6.45, 7) is 2.22. The number of halogens is 1. The fourth-order valence-corrected chi connectivity index (χ4v) is 1.32. The quantitative estimate of drug-likeness (QED) is 0.835. The Morgan fingerprint density at radius 1 is 1.50 bits per heavy atom. The SMILES string of the molecule is C[C@H](NCc1ccc(I)cc1)C(=O)O. The molecule has 0 aromatic heterocycles. The summed E-state index contributed by atoms with van der Waals surface area (Å²) in [6.07, 6.45) is 0. The van der Waals surface area contributed by atoms with Crippen LogP contribution in [-0.2, 0) is 11.3 Å². The van der Waals surface area contributed by atoms with E-state index in [9.17, 15) is 4.79 Å². The summed E-state index contributed by atoms with van der Waals surface area (Å²) in [5, 5.41) is 11.6. The van der Waals surface area contributed by atoms with E-state index in [1.807, 2.05) is 24.3 Å². The summed E-state index contributed by atoms with van der Waals surface area (Å²) in [5.41, 5.74) is 1.10. The molecule has 0 bridgehead atoms. The van der Waals surface area contributed by atoms with Crippen LogP contribution in [0.25, 0.3) is 0 Å². The van der Waals surface area contributed by atoms with Crippen LogP contribution in [0.1, 0.15) is 12.5 Å². The maximum absolute atomic E-state index is 10.5. The van der Waals surface area contributed by atoms with Gasteiger partial charge in [-0.15, -0.1) is 0 Å². The molecule has 0 saturated carbocycles. The average Bonchev–Trinajstić information content (AvgIpc) is 2.16. The van der Waals surface area contributed by atoms with Crippen molar-refractivity contribution >= 4 is 28.6 Å². The third-order valence-electron chi connectivity index (χ3n) is 1.90. The van der Waals surface area contributed by atoms with Crippen LogP contribution < -0.4 is 5.32 Å². The smallest absolute Gasteiger partial charge is 0.320 e. The van der Waals surface area contributed by atoms with E-state index in [2.05, 4.69) is 27.9 Å². The molecule has 4 heteroatoms. The molecular formula is C10H12INO2. The minimum absolute atomic E-state index is 0.505. The van der Waals surface area contributed by atoms with Gasteiger partial charge in [-0.3, -0.25) is 4.79 Å². The molecular weight excluding hydrogens is 293 g/mol. The van der Waals surface area contributed by atoms with Gasteiger partial charge in [0.25, 0.3) is 0 Å². The Kier molecular flexibility index (Phi) is 4.34. The van der Waals surface area contributed by atoms with Crippen LogP contribution in [0.3, 0.4) is 0 Å². The highest BCUT2D eigenvalue weighted by Gasteiger charge is 2.08. The zero-order chi connectivity index (χ0) is 10.6. The first-order chi connectivity index (χ1) is 6.59. The highest BCUT2D eigenvalue weighted by Crippen LogP contribution is 2.06. The van der Waals surface area contributed by atoms with Crippen LogP contribution in [0.15, 0.2) is 24.3 Å². The van der Waals surface area contributed by atoms with Crippen LogP contribution in [-0.4, -0.2) is 17.1 Å². The molecule has 0 aliphatic carbocycles. The van der Waals surface area contributed by atoms with Gasteiger partial charge in [-0.25, -0.2) is 0 Å². The van der Waals surface area contributed by atoms with E-state index >= 15 is 0 Å². The predicted molar refractivity (Wildman–Crippen MR) is 63.1 cm³/mol. The standard InChI is InChI=1S/C10H12INO2/c1-7(10(13)14)12-6-8-2-4-9(11)5-3-8/h2-5,7,12H,6H2,1H3,(H,13,14)/t7-/m0/s1. The lowest BCUT2D eigenvalue weighted by Crippen LogP contribution is -2.33. The van der Waals surface area contributed by atoms with Gasteiger partial charge < -0.3 is 10.4 Å². The molecule has 0 amide bonds. The van der Waals surface area contributed by atoms with Crippen molar-refractivity contribution in [2.75, 3.05) is 0 Å². The van der Waals surface area contributed by atoms with Gasteiger partial charge in [0.15, 0.2) is 0 Å². The molecule has 0 unspecified atom stereocenters. The molecule has 2 N–H and O–H groups in total. The fourth-order valence-electron chi connectivity index (χ4n) is 0.961. The van der Waals surface area contributed by atoms with Crippen molar-refractivity contribution in [1.82, 2.24) is 5.32 Å². The first kappa shape index (κ1) is 11.5. The molecule has 76 valence electrons. The Hall–Kier alpha value is -0.620. The molecule has 0 spiro atoms. The van der Waals surface area contributed by atoms with E-state index in [1.54, 1.807) is 6.92 Å². The zero-order valence-corrected chi connectivity index (χ0v) is 9.98. The van der Waals surface area contributed by atoms with Crippen LogP contribution in [0, 0.1) is 3.57 Å². The van der Waals surface area contributed by atoms with Crippen molar-refractivity contribution in [1.29, 1.82) is 0 Å². The number of carbonyl (C=O) groups is 1. The van der Waals surface area contributed by atoms with Gasteiger partial charge in [0, 0.05) is 10.1 Å². The Labute approximate surface area is 96.7 Å². The van der Waals surface area contributed by atoms with E-state index in [4.69, 9.17) is 5.11 Å². The van der Waals surface area contributed by atoms with Crippen LogP contribution >= 0.6 is 22.6 Å². The topological polar surface area (TPSA) is 49.3 Å². The normalized spacial score (nSPS) is 12.4. The Balaban J connectivity index is 2.46. The number of hydrogen-bond donors (Lipinski definition) is 2. The number of carboxylic acid groups (broad SMARTS) is 1. The third kappa shape index (κ3) is 3.63. The number of aliphatic carboxylic acids is 1. The lowest BCUT2D eigenvalue weighted by Gasteiger charge is -2.08. The number of benzene rings is 1. The molecule has 1 rings (SSSR count). The van der Waals surface area contributed by atoms with Gasteiger partial charge in [0.2, 0.25) is 0 Å². The maximum Gasteiger partial charge on any atom is 0.320 e. The van der Waals surface area contributed by atoms with Gasteiger partial charge >= 0.3 is 5.97 Å². The Morgan fingerprint density at radius 2 is 2.07 bits per heavy atom. The first-order valence-electron chi connectivity index (χ1n) is 4.30. The molecule has 3 nitrogen and oxygen atoms in total. The molecule has 1 aromatic carbocycles. The minimum Gasteiger partial charge on any atom is -0.480 e. The van der Waals surface area contributed by atoms with Crippen molar-refractivity contribution in [3.8, 4) is 0 Å². The second-order valence-electron chi connectivity index (χ2n) is 3.07. The summed E-state index contributed by atoms with van der Waals surface area (Å²) in [5.74, 6) is -0.824. The highest BCUT2D eigenvalue weighted by molar-refractivity contribution is 14.1. The van der Waals surface area contributed by atoms with Gasteiger partial charge in [0.05, 0.1) is 0 Å². The van der Waals surface area contributed by atoms with E-state index < -0.39 is 12.0 Å². The van der Waals surface area contributed by atoms with E-state index in [0.717, 1.165) is 5.56 Å². The Morgan fingerprint density at radius 3 is 2.57 bits per heavy atom. The monoisotopic (exact) mass is 305 g/mol. The zero-order valence-electron chi connectivity index (χ0n) is 7.83. The molecule has 0 aliphatic rings. The average molecular weight is 305 g/mol. The van der Waals surface area contributed by atoms with Gasteiger partial charge in [-0.2, -0.15) is 0 Å². The van der Waals surface area contributed by atoms with Crippen LogP contribution in [0.4, 0.5) is 0 Å². The van der Waals surface area contributed by atoms with Crippen molar-refractivity contribution in [2.45, 2.75) is 19.5 Å². The molecule has 0 saturated heterocycles. The van der Waals surface area contributed by atoms with Gasteiger partial charge in [0.1, 0.15) is 6.04 Å². The second-order valence-corrected chi connectivity index (χ2v) is 4.31. The van der Waals surface area contributed by atoms with Crippen LogP contribution in [0.5, 0.6) is 0 Å². The van der Waals surface area contributed by atoms with E-state index in [0.29, 0.717) is 6.54 Å². The molecule has 0 heterocycles. The fraction of sp³-hybridized carbons (Fsp3) is 0.300. The number of nitrogens with one attached hydrogen (secondary N) is 1. The van der Waals surface area contributed by atoms with Crippen molar-refractivity contribution < 1.29 is 9.90 Å². The van der Waals surface area contributed by atoms with Crippen LogP contribution in [0.2, 0.25) is 0 Å². The lowest BCUT2D eigenvalue weighted by molar-refractivity contribution is -0.139. The van der Waals surface area contributed by atoms with Crippen molar-refractivity contribution in [3.63, 3.8) is 0 Å². The summed E-state index contributed by atoms with van der Waals surface area (Å²) in [7, 11) is 0. The maximum atomic E-state index is 10.5. The van der Waals surface area contributed by atoms with Crippen molar-refractivity contribution in [2.24, 2.45) is 0 Å². The molecule has 1 atom stereocenters.